The minimum Gasteiger partial charge on any atom is -0.497 e. The van der Waals surface area contributed by atoms with Gasteiger partial charge in [0.2, 0.25) is 11.9 Å². The van der Waals surface area contributed by atoms with Crippen molar-refractivity contribution in [2.75, 3.05) is 89.7 Å². The van der Waals surface area contributed by atoms with Crippen LogP contribution in [-0.2, 0) is 20.8 Å². The van der Waals surface area contributed by atoms with Gasteiger partial charge in [-0.3, -0.25) is 14.2 Å². The topological polar surface area (TPSA) is 239 Å². The maximum Gasteiger partial charge on any atom is 0.226 e. The van der Waals surface area contributed by atoms with Crippen molar-refractivity contribution in [1.29, 1.82) is 0 Å². The molecule has 2 saturated carbocycles. The number of anilines is 4. The summed E-state index contributed by atoms with van der Waals surface area (Å²) in [5.74, 6) is 2.29. The van der Waals surface area contributed by atoms with Gasteiger partial charge < -0.3 is 49.3 Å². The van der Waals surface area contributed by atoms with E-state index in [-0.39, 0.29) is 47.2 Å². The van der Waals surface area contributed by atoms with E-state index in [1.165, 1.54) is 36.9 Å². The Labute approximate surface area is 457 Å². The molecule has 2 unspecified atom stereocenters. The first kappa shape index (κ1) is 52.3. The molecule has 0 spiro atoms. The van der Waals surface area contributed by atoms with Crippen molar-refractivity contribution in [1.82, 2.24) is 58.7 Å². The summed E-state index contributed by atoms with van der Waals surface area (Å²) in [7, 11) is 9.43. The molecule has 25 heteroatoms. The van der Waals surface area contributed by atoms with Crippen molar-refractivity contribution in [2.24, 2.45) is 0 Å². The van der Waals surface area contributed by atoms with E-state index in [2.05, 4.69) is 41.6 Å². The Balaban J connectivity index is 0.000000169. The number of nitrogens with two attached hydrogens (primary N) is 1. The number of hydrogen-bond acceptors (Lipinski definition) is 19. The van der Waals surface area contributed by atoms with Gasteiger partial charge in [0.1, 0.15) is 23.6 Å². The average molecular weight is 1100 g/mol. The molecule has 0 bridgehead atoms. The summed E-state index contributed by atoms with van der Waals surface area (Å²) in [6.07, 6.45) is 14.8. The molecule has 13 rings (SSSR count). The molecule has 80 heavy (non-hydrogen) atoms. The van der Waals surface area contributed by atoms with Gasteiger partial charge in [0, 0.05) is 119 Å². The third-order valence-corrected chi connectivity index (χ3v) is 16.2. The van der Waals surface area contributed by atoms with E-state index in [1.807, 2.05) is 41.5 Å². The minimum atomic E-state index is -0.640. The average Bonchev–Trinajstić information content (AvgIpc) is 4.45. The number of benzene rings is 3. The Hall–Kier alpha value is -8.45. The summed E-state index contributed by atoms with van der Waals surface area (Å²) in [5, 5.41) is 23.1. The smallest absolute Gasteiger partial charge is 0.226 e. The van der Waals surface area contributed by atoms with Crippen LogP contribution in [0.4, 0.5) is 32.1 Å². The second-order valence-electron chi connectivity index (χ2n) is 20.6. The number of Topliss-reactive ketones (excluding diaryl/α,β-unsaturated/α-hetero) is 1. The molecular weight excluding hydrogens is 1030 g/mol. The molecule has 4 aliphatic rings. The summed E-state index contributed by atoms with van der Waals surface area (Å²) >= 11 is 0. The van der Waals surface area contributed by atoms with Crippen LogP contribution in [0.1, 0.15) is 92.5 Å². The van der Waals surface area contributed by atoms with Crippen LogP contribution in [0.5, 0.6) is 23.0 Å². The maximum atomic E-state index is 15.0. The standard InChI is InChI=1S/C33H39FN8O5.C22H23FN8O2/c1-43-23-9-8-20(27(13-23)44-2)16-35-32-37-26-15-28(45-3)25(34)14-24(26)31-38-30(39-42(31)32)21-7-6-12-40(18-21)22-17-36-41(19-22)29-10-11-33(29,46-4)47-5;1-33-19-8-16-14(7-15(19)23)21-27-20(28-31(21)22(24)26-16)12-3-2-6-29(10-12)13-9-25-30(11-13)17-4-5-18(17)32/h8-9,13-15,17,19,21,29H,6-7,10-12,16,18H2,1-5H3,(H,35,37);7-9,11-12,17H,2-6,10H2,1H3,(H2,24,26)/t21-,29?;12-,17?/m11/s1. The number of fused-ring (bicyclic) bond motifs is 6. The van der Waals surface area contributed by atoms with Gasteiger partial charge in [0.05, 0.1) is 63.2 Å². The van der Waals surface area contributed by atoms with E-state index in [4.69, 9.17) is 54.2 Å². The van der Waals surface area contributed by atoms with Crippen LogP contribution in [0.2, 0.25) is 0 Å². The zero-order valence-electron chi connectivity index (χ0n) is 45.3. The van der Waals surface area contributed by atoms with Crippen molar-refractivity contribution >= 4 is 62.2 Å². The fourth-order valence-electron chi connectivity index (χ4n) is 11.5. The van der Waals surface area contributed by atoms with Gasteiger partial charge in [0.15, 0.2) is 57.6 Å². The van der Waals surface area contributed by atoms with Crippen molar-refractivity contribution in [2.45, 2.75) is 87.6 Å². The third-order valence-electron chi connectivity index (χ3n) is 16.2. The molecule has 6 aromatic heterocycles. The monoisotopic (exact) mass is 1100 g/mol. The number of carbonyl (C=O) groups excluding carboxylic acids is 1. The van der Waals surface area contributed by atoms with Gasteiger partial charge in [-0.2, -0.15) is 19.2 Å². The Morgan fingerprint density at radius 1 is 0.675 bits per heavy atom. The summed E-state index contributed by atoms with van der Waals surface area (Å²) in [5.41, 5.74) is 11.1. The summed E-state index contributed by atoms with van der Waals surface area (Å²) in [4.78, 5) is 35.3. The summed E-state index contributed by atoms with van der Waals surface area (Å²) in [6, 6.07) is 11.4. The highest BCUT2D eigenvalue weighted by atomic mass is 19.1. The number of nitrogens with zero attached hydrogens (tertiary/aromatic N) is 14. The minimum absolute atomic E-state index is 0.0237. The number of aromatic nitrogens is 12. The molecule has 3 aromatic carbocycles. The lowest BCUT2D eigenvalue weighted by molar-refractivity contribution is -0.281. The van der Waals surface area contributed by atoms with E-state index in [0.717, 1.165) is 75.0 Å². The second kappa shape index (κ2) is 21.3. The van der Waals surface area contributed by atoms with Crippen LogP contribution in [0.25, 0.3) is 33.1 Å². The van der Waals surface area contributed by atoms with E-state index >= 15 is 0 Å². The van der Waals surface area contributed by atoms with E-state index in [9.17, 15) is 13.6 Å². The highest BCUT2D eigenvalue weighted by Gasteiger charge is 2.50. The van der Waals surface area contributed by atoms with Gasteiger partial charge in [-0.25, -0.2) is 28.7 Å². The molecule has 0 amide bonds. The van der Waals surface area contributed by atoms with Gasteiger partial charge in [-0.1, -0.05) is 0 Å². The Bertz CT molecular complexity index is 3780. The maximum absolute atomic E-state index is 15.0. The number of nitrogens with one attached hydrogen (secondary N) is 1. The first-order chi connectivity index (χ1) is 38.9. The Morgan fingerprint density at radius 3 is 1.81 bits per heavy atom. The van der Waals surface area contributed by atoms with Crippen LogP contribution < -0.4 is 39.8 Å². The first-order valence-corrected chi connectivity index (χ1v) is 26.7. The number of hydrogen-bond donors (Lipinski definition) is 2. The normalized spacial score (nSPS) is 19.9. The quantitative estimate of drug-likeness (QED) is 0.0948. The lowest BCUT2D eigenvalue weighted by atomic mass is 9.84. The van der Waals surface area contributed by atoms with E-state index in [1.54, 1.807) is 43.7 Å². The molecule has 2 aliphatic heterocycles. The molecule has 418 valence electrons. The molecule has 2 saturated heterocycles. The fraction of sp³-hybridized carbons (Fsp3) is 0.436. The molecule has 0 radical (unpaired) electrons. The van der Waals surface area contributed by atoms with E-state index in [0.29, 0.717) is 88.3 Å². The van der Waals surface area contributed by atoms with Gasteiger partial charge in [0.25, 0.3) is 0 Å². The first-order valence-electron chi connectivity index (χ1n) is 26.7. The molecule has 4 atom stereocenters. The molecule has 9 aromatic rings. The molecule has 2 aliphatic carbocycles. The molecular formula is C55H62F2N16O7. The largest absolute Gasteiger partial charge is 0.497 e. The van der Waals surface area contributed by atoms with Crippen LogP contribution in [0, 0.1) is 11.6 Å². The molecule has 23 nitrogen and oxygen atoms in total. The number of piperidine rings is 2. The number of ether oxygens (including phenoxy) is 6. The van der Waals surface area contributed by atoms with Crippen LogP contribution >= 0.6 is 0 Å². The fourth-order valence-corrected chi connectivity index (χ4v) is 11.5. The van der Waals surface area contributed by atoms with Crippen molar-refractivity contribution < 1.29 is 42.0 Å². The highest BCUT2D eigenvalue weighted by molar-refractivity contribution is 5.94. The molecule has 8 heterocycles. The van der Waals surface area contributed by atoms with Crippen molar-refractivity contribution in [3.63, 3.8) is 0 Å². The molecule has 4 fully saturated rings. The Morgan fingerprint density at radius 2 is 1.26 bits per heavy atom. The summed E-state index contributed by atoms with van der Waals surface area (Å²) < 4.78 is 68.9. The molecule has 3 N–H and O–H groups in total. The van der Waals surface area contributed by atoms with Crippen molar-refractivity contribution in [3.8, 4) is 23.0 Å². The number of methoxy groups -OCH3 is 6. The number of rotatable bonds is 15. The van der Waals surface area contributed by atoms with Gasteiger partial charge in [-0.15, -0.1) is 10.2 Å². The lowest BCUT2D eigenvalue weighted by Crippen LogP contribution is -2.51. The predicted molar refractivity (Wildman–Crippen MR) is 292 cm³/mol. The number of carbonyl (C=O) groups is 1. The zero-order chi connectivity index (χ0) is 55.4. The third kappa shape index (κ3) is 9.39. The second-order valence-corrected chi connectivity index (χ2v) is 20.6. The number of ketones is 1. The van der Waals surface area contributed by atoms with Crippen LogP contribution in [0.3, 0.4) is 0 Å². The summed E-state index contributed by atoms with van der Waals surface area (Å²) in [6.45, 7) is 3.61. The van der Waals surface area contributed by atoms with Crippen LogP contribution in [-0.4, -0.2) is 139 Å². The predicted octanol–water partition coefficient (Wildman–Crippen LogP) is 7.45. The SMILES string of the molecule is COc1cc2nc(N)n3nc([C@@H]4CCCN(c5cnn(C6CCC6=O)c5)C4)nc3c2cc1F.COc1ccc(CNc2nc3cc(OC)c(F)cc3c3nc([C@@H]4CCCN(c5cnn(C6CCC6(OC)OC)c5)C4)nn23)c(OC)c1. The highest BCUT2D eigenvalue weighted by Crippen LogP contribution is 2.46. The van der Waals surface area contributed by atoms with Gasteiger partial charge in [-0.05, 0) is 62.8 Å². The number of halogens is 2. The lowest BCUT2D eigenvalue weighted by Gasteiger charge is -2.46. The van der Waals surface area contributed by atoms with Crippen molar-refractivity contribution in [3.05, 3.63) is 96.1 Å². The van der Waals surface area contributed by atoms with Gasteiger partial charge >= 0.3 is 0 Å². The zero-order valence-corrected chi connectivity index (χ0v) is 45.3. The Kier molecular flexibility index (Phi) is 13.9. The van der Waals surface area contributed by atoms with E-state index < -0.39 is 17.4 Å². The van der Waals surface area contributed by atoms with Crippen LogP contribution in [0.15, 0.2) is 67.3 Å². The number of nitrogen functional groups attached to an aromatic ring is 1.